The molecule has 6 heteroatoms. The standard InChI is InChI=1S/C13H24N4OS/c1-13(2,12(14)19)17-7-5-16(6-8-17)9-11(18)15-10-3-4-10/h10H,3-9H2,1-2H3,(H2,14,19)(H,15,18). The monoisotopic (exact) mass is 284 g/mol. The van der Waals surface area contributed by atoms with E-state index in [2.05, 4.69) is 29.0 Å². The Labute approximate surface area is 120 Å². The van der Waals surface area contributed by atoms with Gasteiger partial charge in [-0.1, -0.05) is 12.2 Å². The fourth-order valence-electron chi connectivity index (χ4n) is 2.32. The van der Waals surface area contributed by atoms with Gasteiger partial charge in [0.25, 0.3) is 0 Å². The molecule has 1 heterocycles. The Balaban J connectivity index is 1.75. The Bertz CT molecular complexity index is 360. The van der Waals surface area contributed by atoms with Crippen LogP contribution in [0.1, 0.15) is 26.7 Å². The lowest BCUT2D eigenvalue weighted by molar-refractivity contribution is -0.122. The van der Waals surface area contributed by atoms with Crippen LogP contribution in [0.25, 0.3) is 0 Å². The summed E-state index contributed by atoms with van der Waals surface area (Å²) < 4.78 is 0. The van der Waals surface area contributed by atoms with Gasteiger partial charge in [-0.25, -0.2) is 0 Å². The number of hydrogen-bond acceptors (Lipinski definition) is 4. The third kappa shape index (κ3) is 3.87. The number of nitrogens with two attached hydrogens (primary N) is 1. The van der Waals surface area contributed by atoms with Crippen LogP contribution in [0, 0.1) is 0 Å². The Morgan fingerprint density at radius 1 is 1.32 bits per heavy atom. The molecule has 0 atom stereocenters. The summed E-state index contributed by atoms with van der Waals surface area (Å²) in [6.45, 7) is 8.23. The van der Waals surface area contributed by atoms with Gasteiger partial charge in [0.2, 0.25) is 5.91 Å². The van der Waals surface area contributed by atoms with Crippen LogP contribution in [-0.2, 0) is 4.79 Å². The van der Waals surface area contributed by atoms with Crippen LogP contribution >= 0.6 is 12.2 Å². The normalized spacial score (nSPS) is 22.2. The van der Waals surface area contributed by atoms with E-state index in [4.69, 9.17) is 18.0 Å². The maximum absolute atomic E-state index is 11.7. The molecule has 1 saturated carbocycles. The van der Waals surface area contributed by atoms with E-state index < -0.39 is 0 Å². The molecule has 19 heavy (non-hydrogen) atoms. The van der Waals surface area contributed by atoms with E-state index in [0.717, 1.165) is 39.0 Å². The number of thiocarbonyl (C=S) groups is 1. The van der Waals surface area contributed by atoms with Crippen molar-refractivity contribution in [1.29, 1.82) is 0 Å². The maximum Gasteiger partial charge on any atom is 0.234 e. The summed E-state index contributed by atoms with van der Waals surface area (Å²) >= 11 is 5.12. The minimum absolute atomic E-state index is 0.157. The first kappa shape index (κ1) is 14.7. The number of piperazine rings is 1. The van der Waals surface area contributed by atoms with E-state index in [1.54, 1.807) is 0 Å². The Morgan fingerprint density at radius 2 is 1.89 bits per heavy atom. The molecule has 0 aromatic carbocycles. The zero-order chi connectivity index (χ0) is 14.0. The molecule has 3 N–H and O–H groups in total. The largest absolute Gasteiger partial charge is 0.392 e. The van der Waals surface area contributed by atoms with Gasteiger partial charge < -0.3 is 11.1 Å². The van der Waals surface area contributed by atoms with Crippen LogP contribution in [0.15, 0.2) is 0 Å². The summed E-state index contributed by atoms with van der Waals surface area (Å²) in [5, 5.41) is 3.03. The number of carbonyl (C=O) groups excluding carboxylic acids is 1. The molecule has 1 saturated heterocycles. The summed E-state index contributed by atoms with van der Waals surface area (Å²) in [6.07, 6.45) is 2.28. The van der Waals surface area contributed by atoms with Gasteiger partial charge in [0.1, 0.15) is 0 Å². The number of rotatable bonds is 5. The van der Waals surface area contributed by atoms with E-state index in [0.29, 0.717) is 17.6 Å². The number of carbonyl (C=O) groups is 1. The van der Waals surface area contributed by atoms with Gasteiger partial charge in [-0.05, 0) is 26.7 Å². The molecular formula is C13H24N4OS. The fraction of sp³-hybridized carbons (Fsp3) is 0.846. The van der Waals surface area contributed by atoms with Gasteiger partial charge in [0, 0.05) is 32.2 Å². The van der Waals surface area contributed by atoms with Crippen molar-refractivity contribution < 1.29 is 4.79 Å². The molecule has 0 bridgehead atoms. The van der Waals surface area contributed by atoms with Gasteiger partial charge in [-0.15, -0.1) is 0 Å². The van der Waals surface area contributed by atoms with Crippen molar-refractivity contribution >= 4 is 23.1 Å². The van der Waals surface area contributed by atoms with Gasteiger partial charge >= 0.3 is 0 Å². The van der Waals surface area contributed by atoms with Crippen molar-refractivity contribution in [2.45, 2.75) is 38.3 Å². The van der Waals surface area contributed by atoms with E-state index in [-0.39, 0.29) is 11.4 Å². The first-order valence-corrected chi connectivity index (χ1v) is 7.37. The van der Waals surface area contributed by atoms with Gasteiger partial charge in [-0.3, -0.25) is 14.6 Å². The molecular weight excluding hydrogens is 260 g/mol. The lowest BCUT2D eigenvalue weighted by Gasteiger charge is -2.43. The first-order chi connectivity index (χ1) is 8.89. The van der Waals surface area contributed by atoms with E-state index in [1.807, 2.05) is 0 Å². The molecule has 1 aliphatic carbocycles. The topological polar surface area (TPSA) is 61.6 Å². The SMILES string of the molecule is CC(C)(C(N)=S)N1CCN(CC(=O)NC2CC2)CC1. The maximum atomic E-state index is 11.7. The van der Waals surface area contributed by atoms with Gasteiger partial charge in [-0.2, -0.15) is 0 Å². The fourth-order valence-corrected chi connectivity index (χ4v) is 2.45. The molecule has 0 aromatic heterocycles. The second-order valence-electron chi connectivity index (χ2n) is 6.03. The minimum atomic E-state index is -0.238. The minimum Gasteiger partial charge on any atom is -0.392 e. The second-order valence-corrected chi connectivity index (χ2v) is 6.47. The number of hydrogen-bond donors (Lipinski definition) is 2. The second kappa shape index (κ2) is 5.73. The molecule has 0 aromatic rings. The Kier molecular flexibility index (Phi) is 4.43. The molecule has 5 nitrogen and oxygen atoms in total. The van der Waals surface area contributed by atoms with Crippen LogP contribution in [0.5, 0.6) is 0 Å². The molecule has 2 rings (SSSR count). The highest BCUT2D eigenvalue weighted by atomic mass is 32.1. The Morgan fingerprint density at radius 3 is 2.37 bits per heavy atom. The molecule has 108 valence electrons. The highest BCUT2D eigenvalue weighted by Crippen LogP contribution is 2.19. The average Bonchev–Trinajstić information content (AvgIpc) is 3.13. The molecule has 0 radical (unpaired) electrons. The Hall–Kier alpha value is -0.720. The molecule has 1 aliphatic heterocycles. The van der Waals surface area contributed by atoms with Crippen molar-refractivity contribution in [3.8, 4) is 0 Å². The van der Waals surface area contributed by atoms with E-state index in [9.17, 15) is 4.79 Å². The summed E-state index contributed by atoms with van der Waals surface area (Å²) in [4.78, 5) is 16.8. The van der Waals surface area contributed by atoms with Gasteiger partial charge in [0.15, 0.2) is 0 Å². The molecule has 2 aliphatic rings. The summed E-state index contributed by atoms with van der Waals surface area (Å²) in [5.41, 5.74) is 5.55. The number of nitrogens with zero attached hydrogens (tertiary/aromatic N) is 2. The predicted octanol–water partition coefficient (Wildman–Crippen LogP) is -0.0527. The van der Waals surface area contributed by atoms with Crippen LogP contribution < -0.4 is 11.1 Å². The van der Waals surface area contributed by atoms with Crippen molar-refractivity contribution in [3.63, 3.8) is 0 Å². The molecule has 0 spiro atoms. The third-order valence-corrected chi connectivity index (χ3v) is 4.58. The summed E-state index contributed by atoms with van der Waals surface area (Å²) in [7, 11) is 0. The zero-order valence-electron chi connectivity index (χ0n) is 11.8. The van der Waals surface area contributed by atoms with E-state index in [1.165, 1.54) is 0 Å². The first-order valence-electron chi connectivity index (χ1n) is 6.96. The van der Waals surface area contributed by atoms with Crippen molar-refractivity contribution in [3.05, 3.63) is 0 Å². The highest BCUT2D eigenvalue weighted by Gasteiger charge is 2.33. The van der Waals surface area contributed by atoms with Crippen molar-refractivity contribution in [2.24, 2.45) is 5.73 Å². The molecule has 0 unspecified atom stereocenters. The van der Waals surface area contributed by atoms with Crippen molar-refractivity contribution in [1.82, 2.24) is 15.1 Å². The lowest BCUT2D eigenvalue weighted by atomic mass is 10.0. The van der Waals surface area contributed by atoms with Crippen LogP contribution in [0.3, 0.4) is 0 Å². The van der Waals surface area contributed by atoms with Crippen molar-refractivity contribution in [2.75, 3.05) is 32.7 Å². The smallest absolute Gasteiger partial charge is 0.234 e. The van der Waals surface area contributed by atoms with E-state index >= 15 is 0 Å². The average molecular weight is 284 g/mol. The third-order valence-electron chi connectivity index (χ3n) is 4.08. The van der Waals surface area contributed by atoms with Crippen LogP contribution in [0.2, 0.25) is 0 Å². The predicted molar refractivity (Wildman–Crippen MR) is 80.0 cm³/mol. The van der Waals surface area contributed by atoms with Crippen LogP contribution in [-0.4, -0.2) is 65.0 Å². The van der Waals surface area contributed by atoms with Gasteiger partial charge in [0.05, 0.1) is 17.1 Å². The summed E-state index contributed by atoms with van der Waals surface area (Å²) in [5.74, 6) is 0.157. The molecule has 2 fully saturated rings. The lowest BCUT2D eigenvalue weighted by Crippen LogP contribution is -2.59. The van der Waals surface area contributed by atoms with Crippen LogP contribution in [0.4, 0.5) is 0 Å². The zero-order valence-corrected chi connectivity index (χ0v) is 12.6. The summed E-state index contributed by atoms with van der Waals surface area (Å²) in [6, 6.07) is 0.447. The quantitative estimate of drug-likeness (QED) is 0.693. The molecule has 1 amide bonds. The number of amides is 1. The number of nitrogens with one attached hydrogen (secondary N) is 1. The highest BCUT2D eigenvalue weighted by molar-refractivity contribution is 7.80.